The highest BCUT2D eigenvalue weighted by atomic mass is 32.2. The predicted octanol–water partition coefficient (Wildman–Crippen LogP) is 0.836. The number of rotatable bonds is 4. The fourth-order valence-electron chi connectivity index (χ4n) is 1.98. The van der Waals surface area contributed by atoms with Gasteiger partial charge in [0.25, 0.3) is 0 Å². The maximum Gasteiger partial charge on any atom is 0.338 e. The molecule has 0 amide bonds. The molecule has 2 rings (SSSR count). The van der Waals surface area contributed by atoms with Crippen LogP contribution in [0.2, 0.25) is 0 Å². The number of benzene rings is 1. The van der Waals surface area contributed by atoms with E-state index in [9.17, 15) is 13.2 Å². The molecule has 1 aromatic carbocycles. The first kappa shape index (κ1) is 15.0. The molecule has 1 unspecified atom stereocenters. The molecule has 0 bridgehead atoms. The fourth-order valence-corrected chi connectivity index (χ4v) is 2.52. The molecule has 2 N–H and O–H groups in total. The van der Waals surface area contributed by atoms with E-state index in [0.717, 1.165) is 6.42 Å². The molecular formula is C13H17NO5S. The van der Waals surface area contributed by atoms with E-state index in [2.05, 4.69) is 0 Å². The van der Waals surface area contributed by atoms with Crippen LogP contribution in [0.15, 0.2) is 23.1 Å². The van der Waals surface area contributed by atoms with Gasteiger partial charge in [-0.15, -0.1) is 0 Å². The molecule has 7 heteroatoms. The monoisotopic (exact) mass is 299 g/mol. The van der Waals surface area contributed by atoms with Gasteiger partial charge in [0.05, 0.1) is 23.7 Å². The van der Waals surface area contributed by atoms with Crippen molar-refractivity contribution in [2.24, 2.45) is 11.1 Å². The molecule has 1 heterocycles. The van der Waals surface area contributed by atoms with E-state index in [-0.39, 0.29) is 23.0 Å². The summed E-state index contributed by atoms with van der Waals surface area (Å²) in [6.45, 7) is 3.26. The standard InChI is InChI=1S/C13H17NO5S/c1-9-2-3-11(20(14,16)17)6-12(9)13(15)19-8-10-4-5-18-7-10/h2-3,6,10H,4-5,7-8H2,1H3,(H2,14,16,17). The first-order valence-corrected chi connectivity index (χ1v) is 7.81. The van der Waals surface area contributed by atoms with Gasteiger partial charge in [-0.05, 0) is 31.0 Å². The quantitative estimate of drug-likeness (QED) is 0.831. The van der Waals surface area contributed by atoms with Gasteiger partial charge in [-0.25, -0.2) is 18.4 Å². The molecule has 1 saturated heterocycles. The summed E-state index contributed by atoms with van der Waals surface area (Å²) in [5.41, 5.74) is 0.862. The van der Waals surface area contributed by atoms with Crippen LogP contribution in [0.5, 0.6) is 0 Å². The van der Waals surface area contributed by atoms with Crippen LogP contribution in [0, 0.1) is 12.8 Å². The molecule has 0 aromatic heterocycles. The van der Waals surface area contributed by atoms with Crippen molar-refractivity contribution < 1.29 is 22.7 Å². The molecule has 110 valence electrons. The maximum atomic E-state index is 12.0. The SMILES string of the molecule is Cc1ccc(S(N)(=O)=O)cc1C(=O)OCC1CCOC1. The number of sulfonamides is 1. The zero-order chi connectivity index (χ0) is 14.8. The smallest absolute Gasteiger partial charge is 0.338 e. The van der Waals surface area contributed by atoms with Gasteiger partial charge in [0.15, 0.2) is 0 Å². The van der Waals surface area contributed by atoms with E-state index in [1.807, 2.05) is 0 Å². The minimum absolute atomic E-state index is 0.0979. The summed E-state index contributed by atoms with van der Waals surface area (Å²) < 4.78 is 33.0. The predicted molar refractivity (Wildman–Crippen MR) is 71.8 cm³/mol. The molecule has 20 heavy (non-hydrogen) atoms. The molecule has 0 spiro atoms. The Morgan fingerprint density at radius 1 is 1.50 bits per heavy atom. The third-order valence-electron chi connectivity index (χ3n) is 3.23. The van der Waals surface area contributed by atoms with E-state index in [4.69, 9.17) is 14.6 Å². The van der Waals surface area contributed by atoms with E-state index in [0.29, 0.717) is 18.8 Å². The summed E-state index contributed by atoms with van der Waals surface area (Å²) in [5, 5.41) is 5.05. The van der Waals surface area contributed by atoms with E-state index < -0.39 is 16.0 Å². The minimum Gasteiger partial charge on any atom is -0.462 e. The fraction of sp³-hybridized carbons (Fsp3) is 0.462. The summed E-state index contributed by atoms with van der Waals surface area (Å²) in [4.78, 5) is 11.9. The summed E-state index contributed by atoms with van der Waals surface area (Å²) >= 11 is 0. The highest BCUT2D eigenvalue weighted by Gasteiger charge is 2.20. The van der Waals surface area contributed by atoms with Crippen LogP contribution in [-0.4, -0.2) is 34.2 Å². The summed E-state index contributed by atoms with van der Waals surface area (Å²) in [6.07, 6.45) is 0.865. The summed E-state index contributed by atoms with van der Waals surface area (Å²) in [5.74, 6) is -0.333. The molecule has 1 atom stereocenters. The van der Waals surface area contributed by atoms with Crippen LogP contribution in [-0.2, 0) is 19.5 Å². The average Bonchev–Trinajstić information content (AvgIpc) is 2.88. The lowest BCUT2D eigenvalue weighted by atomic mass is 10.1. The van der Waals surface area contributed by atoms with Gasteiger partial charge in [-0.1, -0.05) is 6.07 Å². The van der Waals surface area contributed by atoms with Gasteiger partial charge in [-0.3, -0.25) is 0 Å². The Morgan fingerprint density at radius 2 is 2.25 bits per heavy atom. The lowest BCUT2D eigenvalue weighted by molar-refractivity contribution is 0.0427. The highest BCUT2D eigenvalue weighted by molar-refractivity contribution is 7.89. The molecule has 0 saturated carbocycles. The van der Waals surface area contributed by atoms with Gasteiger partial charge in [0, 0.05) is 12.5 Å². The average molecular weight is 299 g/mol. The highest BCUT2D eigenvalue weighted by Crippen LogP contribution is 2.17. The van der Waals surface area contributed by atoms with Gasteiger partial charge in [0.2, 0.25) is 10.0 Å². The number of primary sulfonamides is 1. The molecule has 0 radical (unpaired) electrons. The zero-order valence-electron chi connectivity index (χ0n) is 11.2. The van der Waals surface area contributed by atoms with Crippen LogP contribution < -0.4 is 5.14 Å². The number of carbonyl (C=O) groups is 1. The van der Waals surface area contributed by atoms with Crippen LogP contribution in [0.4, 0.5) is 0 Å². The molecule has 1 aliphatic heterocycles. The van der Waals surface area contributed by atoms with Crippen molar-refractivity contribution in [2.45, 2.75) is 18.2 Å². The second kappa shape index (κ2) is 5.90. The Kier molecular flexibility index (Phi) is 4.42. The number of carbonyl (C=O) groups excluding carboxylic acids is 1. The van der Waals surface area contributed by atoms with Crippen LogP contribution in [0.25, 0.3) is 0 Å². The Balaban J connectivity index is 2.12. The number of hydrogen-bond acceptors (Lipinski definition) is 5. The van der Waals surface area contributed by atoms with E-state index in [1.165, 1.54) is 18.2 Å². The van der Waals surface area contributed by atoms with Crippen molar-refractivity contribution >= 4 is 16.0 Å². The molecular weight excluding hydrogens is 282 g/mol. The molecule has 1 aliphatic rings. The zero-order valence-corrected chi connectivity index (χ0v) is 12.0. The number of aryl methyl sites for hydroxylation is 1. The van der Waals surface area contributed by atoms with Crippen LogP contribution in [0.1, 0.15) is 22.3 Å². The minimum atomic E-state index is -3.83. The second-order valence-electron chi connectivity index (χ2n) is 4.85. The van der Waals surface area contributed by atoms with Gasteiger partial charge in [0.1, 0.15) is 0 Å². The maximum absolute atomic E-state index is 12.0. The number of esters is 1. The van der Waals surface area contributed by atoms with Crippen molar-refractivity contribution in [2.75, 3.05) is 19.8 Å². The van der Waals surface area contributed by atoms with Crippen LogP contribution >= 0.6 is 0 Å². The summed E-state index contributed by atoms with van der Waals surface area (Å²) in [7, 11) is -3.83. The van der Waals surface area contributed by atoms with Crippen molar-refractivity contribution in [1.82, 2.24) is 0 Å². The number of ether oxygens (including phenoxy) is 2. The third-order valence-corrected chi connectivity index (χ3v) is 4.14. The first-order chi connectivity index (χ1) is 9.38. The molecule has 1 fully saturated rings. The summed E-state index contributed by atoms with van der Waals surface area (Å²) in [6, 6.07) is 4.15. The van der Waals surface area contributed by atoms with Gasteiger partial charge < -0.3 is 9.47 Å². The van der Waals surface area contributed by atoms with Crippen molar-refractivity contribution in [1.29, 1.82) is 0 Å². The Bertz CT molecular complexity index is 605. The Hall–Kier alpha value is -1.44. The van der Waals surface area contributed by atoms with Gasteiger partial charge in [-0.2, -0.15) is 0 Å². The first-order valence-electron chi connectivity index (χ1n) is 6.26. The van der Waals surface area contributed by atoms with E-state index >= 15 is 0 Å². The van der Waals surface area contributed by atoms with Crippen molar-refractivity contribution in [3.05, 3.63) is 29.3 Å². The Labute approximate surface area is 117 Å². The van der Waals surface area contributed by atoms with Gasteiger partial charge >= 0.3 is 5.97 Å². The topological polar surface area (TPSA) is 95.7 Å². The molecule has 1 aromatic rings. The van der Waals surface area contributed by atoms with E-state index in [1.54, 1.807) is 6.92 Å². The molecule has 6 nitrogen and oxygen atoms in total. The number of nitrogens with two attached hydrogens (primary N) is 1. The Morgan fingerprint density at radius 3 is 2.85 bits per heavy atom. The van der Waals surface area contributed by atoms with Crippen molar-refractivity contribution in [3.63, 3.8) is 0 Å². The lowest BCUT2D eigenvalue weighted by Crippen LogP contribution is -2.17. The second-order valence-corrected chi connectivity index (χ2v) is 6.41. The lowest BCUT2D eigenvalue weighted by Gasteiger charge is -2.11. The van der Waals surface area contributed by atoms with Crippen molar-refractivity contribution in [3.8, 4) is 0 Å². The third kappa shape index (κ3) is 3.56. The largest absolute Gasteiger partial charge is 0.462 e. The normalized spacial score (nSPS) is 19.0. The number of hydrogen-bond donors (Lipinski definition) is 1. The van der Waals surface area contributed by atoms with Crippen LogP contribution in [0.3, 0.4) is 0 Å². The molecule has 0 aliphatic carbocycles.